The molecule has 2 rings (SSSR count). The summed E-state index contributed by atoms with van der Waals surface area (Å²) in [6.07, 6.45) is 8.02. The lowest BCUT2D eigenvalue weighted by Crippen LogP contribution is -1.89. The van der Waals surface area contributed by atoms with Crippen molar-refractivity contribution in [2.75, 3.05) is 0 Å². The molecule has 1 aromatic heterocycles. The van der Waals surface area contributed by atoms with Crippen molar-refractivity contribution in [1.82, 2.24) is 4.98 Å². The summed E-state index contributed by atoms with van der Waals surface area (Å²) in [4.78, 5) is 4.52. The molecule has 0 fully saturated rings. The van der Waals surface area contributed by atoms with Gasteiger partial charge in [-0.25, -0.2) is 0 Å². The Labute approximate surface area is 108 Å². The number of rotatable bonds is 3. The van der Waals surface area contributed by atoms with Crippen LogP contribution < -0.4 is 0 Å². The highest BCUT2D eigenvalue weighted by Gasteiger charge is 2.05. The Morgan fingerprint density at radius 3 is 2.72 bits per heavy atom. The lowest BCUT2D eigenvalue weighted by atomic mass is 10.0. The molecule has 1 nitrogen and oxygen atoms in total. The summed E-state index contributed by atoms with van der Waals surface area (Å²) in [5.41, 5.74) is 3.13. The molecule has 0 amide bonds. The Balaban J connectivity index is 2.68. The molecule has 90 valence electrons. The van der Waals surface area contributed by atoms with E-state index in [4.69, 9.17) is 0 Å². The molecule has 0 aliphatic rings. The van der Waals surface area contributed by atoms with Crippen molar-refractivity contribution in [3.8, 4) is 0 Å². The third-order valence-electron chi connectivity index (χ3n) is 2.70. The van der Waals surface area contributed by atoms with Crippen molar-refractivity contribution in [2.24, 2.45) is 0 Å². The summed E-state index contributed by atoms with van der Waals surface area (Å²) in [5.74, 6) is 0. The zero-order valence-electron chi connectivity index (χ0n) is 10.9. The van der Waals surface area contributed by atoms with Crippen LogP contribution in [-0.2, 0) is 0 Å². The van der Waals surface area contributed by atoms with Gasteiger partial charge in [0.2, 0.25) is 0 Å². The average Bonchev–Trinajstić information content (AvgIpc) is 2.37. The second-order valence-electron chi connectivity index (χ2n) is 4.33. The van der Waals surface area contributed by atoms with E-state index in [0.29, 0.717) is 0 Å². The lowest BCUT2D eigenvalue weighted by Gasteiger charge is -2.06. The molecule has 0 unspecified atom stereocenters. The van der Waals surface area contributed by atoms with Gasteiger partial charge in [-0.1, -0.05) is 54.6 Å². The van der Waals surface area contributed by atoms with Crippen LogP contribution in [0.5, 0.6) is 0 Å². The number of hydrogen-bond acceptors (Lipinski definition) is 1. The molecular formula is C17H17N. The Bertz CT molecular complexity index is 628. The number of benzene rings is 1. The van der Waals surface area contributed by atoms with Crippen LogP contribution >= 0.6 is 0 Å². The van der Waals surface area contributed by atoms with E-state index in [1.54, 1.807) is 0 Å². The van der Waals surface area contributed by atoms with Crippen LogP contribution in [0.3, 0.4) is 0 Å². The van der Waals surface area contributed by atoms with Gasteiger partial charge in [-0.05, 0) is 25.3 Å². The van der Waals surface area contributed by atoms with E-state index in [1.165, 1.54) is 10.8 Å². The Kier molecular flexibility index (Phi) is 3.73. The van der Waals surface area contributed by atoms with Gasteiger partial charge in [0.05, 0.1) is 5.69 Å². The maximum Gasteiger partial charge on any atom is 0.0780 e. The van der Waals surface area contributed by atoms with Gasteiger partial charge in [0.25, 0.3) is 0 Å². The Hall–Kier alpha value is -2.15. The summed E-state index contributed by atoms with van der Waals surface area (Å²) >= 11 is 0. The zero-order valence-corrected chi connectivity index (χ0v) is 10.9. The van der Waals surface area contributed by atoms with Gasteiger partial charge >= 0.3 is 0 Å². The third kappa shape index (κ3) is 2.57. The molecule has 0 N–H and O–H groups in total. The predicted molar refractivity (Wildman–Crippen MR) is 79.3 cm³/mol. The predicted octanol–water partition coefficient (Wildman–Crippen LogP) is 4.77. The van der Waals surface area contributed by atoms with E-state index in [2.05, 4.69) is 35.8 Å². The van der Waals surface area contributed by atoms with E-state index < -0.39 is 0 Å². The number of hydrogen-bond donors (Lipinski definition) is 0. The molecule has 0 aliphatic heterocycles. The van der Waals surface area contributed by atoms with E-state index in [0.717, 1.165) is 16.8 Å². The van der Waals surface area contributed by atoms with Crippen molar-refractivity contribution in [3.63, 3.8) is 0 Å². The normalized spacial score (nSPS) is 12.2. The van der Waals surface area contributed by atoms with E-state index >= 15 is 0 Å². The highest BCUT2D eigenvalue weighted by Crippen LogP contribution is 2.24. The first-order valence-corrected chi connectivity index (χ1v) is 6.06. The summed E-state index contributed by atoms with van der Waals surface area (Å²) < 4.78 is 0. The fraction of sp³-hybridized carbons (Fsp3) is 0.118. The molecule has 0 bridgehead atoms. The van der Waals surface area contributed by atoms with Crippen LogP contribution in [0.25, 0.3) is 16.3 Å². The molecule has 0 saturated carbocycles. The van der Waals surface area contributed by atoms with Gasteiger partial charge in [-0.15, -0.1) is 0 Å². The molecule has 0 aliphatic carbocycles. The molecule has 2 aromatic rings. The standard InChI is InChI=1S/C17H17N/c1-4-7-15(12-13(2)3)17-16-9-6-5-8-14(16)10-11-18-17/h4-12H,2H2,1,3H3/b7-4-,15-12+. The molecule has 1 heteroatoms. The number of allylic oxidation sites excluding steroid dienone is 5. The molecule has 18 heavy (non-hydrogen) atoms. The van der Waals surface area contributed by atoms with Gasteiger partial charge < -0.3 is 0 Å². The number of fused-ring (bicyclic) bond motifs is 1. The number of nitrogens with zero attached hydrogens (tertiary/aromatic N) is 1. The fourth-order valence-corrected chi connectivity index (χ4v) is 1.99. The summed E-state index contributed by atoms with van der Waals surface area (Å²) in [6, 6.07) is 10.3. The molecule has 0 radical (unpaired) electrons. The van der Waals surface area contributed by atoms with Crippen molar-refractivity contribution in [2.45, 2.75) is 13.8 Å². The highest BCUT2D eigenvalue weighted by atomic mass is 14.7. The van der Waals surface area contributed by atoms with Crippen LogP contribution in [0, 0.1) is 0 Å². The number of pyridine rings is 1. The molecule has 0 saturated heterocycles. The van der Waals surface area contributed by atoms with Gasteiger partial charge in [0, 0.05) is 17.2 Å². The van der Waals surface area contributed by atoms with Gasteiger partial charge in [-0.3, -0.25) is 4.98 Å². The van der Waals surface area contributed by atoms with Crippen molar-refractivity contribution < 1.29 is 0 Å². The smallest absolute Gasteiger partial charge is 0.0780 e. The minimum Gasteiger partial charge on any atom is -0.256 e. The van der Waals surface area contributed by atoms with E-state index in [-0.39, 0.29) is 0 Å². The maximum absolute atomic E-state index is 4.52. The molecule has 1 aromatic carbocycles. The van der Waals surface area contributed by atoms with Gasteiger partial charge in [0.1, 0.15) is 0 Å². The van der Waals surface area contributed by atoms with Crippen LogP contribution in [0.2, 0.25) is 0 Å². The maximum atomic E-state index is 4.52. The first-order chi connectivity index (χ1) is 8.72. The van der Waals surface area contributed by atoms with E-state index in [9.17, 15) is 0 Å². The van der Waals surface area contributed by atoms with Crippen LogP contribution in [0.15, 0.2) is 66.9 Å². The van der Waals surface area contributed by atoms with Crippen LogP contribution in [0.4, 0.5) is 0 Å². The van der Waals surface area contributed by atoms with Gasteiger partial charge in [-0.2, -0.15) is 0 Å². The second kappa shape index (κ2) is 5.46. The van der Waals surface area contributed by atoms with E-state index in [1.807, 2.05) is 44.3 Å². The SMILES string of the molecule is C=C(C)/C=C(\C=C/C)c1nccc2ccccc12. The monoisotopic (exact) mass is 235 g/mol. The molecular weight excluding hydrogens is 218 g/mol. The largest absolute Gasteiger partial charge is 0.256 e. The number of aromatic nitrogens is 1. The molecule has 0 spiro atoms. The van der Waals surface area contributed by atoms with Crippen LogP contribution in [-0.4, -0.2) is 4.98 Å². The fourth-order valence-electron chi connectivity index (χ4n) is 1.99. The van der Waals surface area contributed by atoms with Gasteiger partial charge in [0.15, 0.2) is 0 Å². The minimum absolute atomic E-state index is 1.01. The van der Waals surface area contributed by atoms with Crippen molar-refractivity contribution in [1.29, 1.82) is 0 Å². The molecule has 1 heterocycles. The second-order valence-corrected chi connectivity index (χ2v) is 4.33. The lowest BCUT2D eigenvalue weighted by molar-refractivity contribution is 1.31. The Morgan fingerprint density at radius 2 is 2.00 bits per heavy atom. The topological polar surface area (TPSA) is 12.9 Å². The summed E-state index contributed by atoms with van der Waals surface area (Å²) in [7, 11) is 0. The highest BCUT2D eigenvalue weighted by molar-refractivity contribution is 5.94. The first-order valence-electron chi connectivity index (χ1n) is 6.06. The summed E-state index contributed by atoms with van der Waals surface area (Å²) in [5, 5.41) is 2.38. The average molecular weight is 235 g/mol. The van der Waals surface area contributed by atoms with Crippen molar-refractivity contribution in [3.05, 3.63) is 72.6 Å². The molecule has 0 atom stereocenters. The van der Waals surface area contributed by atoms with Crippen molar-refractivity contribution >= 4 is 16.3 Å². The Morgan fingerprint density at radius 1 is 1.22 bits per heavy atom. The summed E-state index contributed by atoms with van der Waals surface area (Å²) in [6.45, 7) is 7.95. The third-order valence-corrected chi connectivity index (χ3v) is 2.70. The quantitative estimate of drug-likeness (QED) is 0.698. The minimum atomic E-state index is 1.01. The first kappa shape index (κ1) is 12.3. The van der Waals surface area contributed by atoms with Crippen LogP contribution in [0.1, 0.15) is 19.5 Å². The zero-order chi connectivity index (χ0) is 13.0.